The molecule has 0 amide bonds. The highest BCUT2D eigenvalue weighted by Gasteiger charge is 2.12. The Bertz CT molecular complexity index is 290. The van der Waals surface area contributed by atoms with E-state index < -0.39 is 0 Å². The lowest BCUT2D eigenvalue weighted by Crippen LogP contribution is -2.24. The zero-order valence-corrected chi connectivity index (χ0v) is 9.32. The van der Waals surface area contributed by atoms with Gasteiger partial charge in [-0.1, -0.05) is 19.3 Å². The molecule has 15 heavy (non-hydrogen) atoms. The van der Waals surface area contributed by atoms with Crippen LogP contribution in [0.3, 0.4) is 0 Å². The van der Waals surface area contributed by atoms with E-state index in [0.717, 1.165) is 24.8 Å². The molecule has 0 aliphatic heterocycles. The normalized spacial score (nSPS) is 18.2. The first-order valence-electron chi connectivity index (χ1n) is 5.78. The van der Waals surface area contributed by atoms with Crippen molar-refractivity contribution in [2.24, 2.45) is 13.0 Å². The first-order valence-corrected chi connectivity index (χ1v) is 5.78. The number of tetrazole rings is 1. The monoisotopic (exact) mass is 209 g/mol. The van der Waals surface area contributed by atoms with Crippen molar-refractivity contribution in [3.8, 4) is 0 Å². The van der Waals surface area contributed by atoms with Crippen LogP contribution in [-0.4, -0.2) is 26.8 Å². The molecule has 0 bridgehead atoms. The van der Waals surface area contributed by atoms with Crippen molar-refractivity contribution in [3.05, 3.63) is 5.82 Å². The maximum atomic E-state index is 4.13. The molecule has 2 rings (SSSR count). The zero-order valence-electron chi connectivity index (χ0n) is 9.32. The molecule has 0 radical (unpaired) electrons. The van der Waals surface area contributed by atoms with Crippen molar-refractivity contribution in [2.45, 2.75) is 38.6 Å². The molecule has 0 unspecified atom stereocenters. The smallest absolute Gasteiger partial charge is 0.188 e. The molecule has 0 spiro atoms. The molecule has 1 aliphatic carbocycles. The third-order valence-corrected chi connectivity index (χ3v) is 2.99. The van der Waals surface area contributed by atoms with Gasteiger partial charge in [0.2, 0.25) is 0 Å². The average Bonchev–Trinajstić information content (AvgIpc) is 2.66. The van der Waals surface area contributed by atoms with Crippen LogP contribution in [0.1, 0.15) is 37.9 Å². The number of rotatable bonds is 4. The number of nitrogens with one attached hydrogen (secondary N) is 1. The molecule has 1 heterocycles. The van der Waals surface area contributed by atoms with Crippen molar-refractivity contribution in [1.82, 2.24) is 25.5 Å². The van der Waals surface area contributed by atoms with Gasteiger partial charge >= 0.3 is 0 Å². The predicted molar refractivity (Wildman–Crippen MR) is 57.1 cm³/mol. The number of aromatic nitrogens is 4. The van der Waals surface area contributed by atoms with E-state index >= 15 is 0 Å². The van der Waals surface area contributed by atoms with E-state index in [1.165, 1.54) is 36.9 Å². The van der Waals surface area contributed by atoms with Crippen LogP contribution in [-0.2, 0) is 13.6 Å². The van der Waals surface area contributed by atoms with Crippen LogP contribution in [0, 0.1) is 5.92 Å². The molecule has 0 aromatic carbocycles. The second kappa shape index (κ2) is 5.21. The first-order chi connectivity index (χ1) is 7.34. The fraction of sp³-hybridized carbons (Fsp3) is 0.900. The summed E-state index contributed by atoms with van der Waals surface area (Å²) >= 11 is 0. The van der Waals surface area contributed by atoms with Crippen molar-refractivity contribution < 1.29 is 0 Å². The van der Waals surface area contributed by atoms with Crippen LogP contribution in [0.25, 0.3) is 0 Å². The van der Waals surface area contributed by atoms with Crippen LogP contribution >= 0.6 is 0 Å². The molecule has 1 N–H and O–H groups in total. The number of nitrogens with zero attached hydrogens (tertiary/aromatic N) is 4. The summed E-state index contributed by atoms with van der Waals surface area (Å²) in [5.41, 5.74) is 0. The summed E-state index contributed by atoms with van der Waals surface area (Å²) in [5, 5.41) is 15.3. The maximum Gasteiger partial charge on any atom is 0.188 e. The Hall–Kier alpha value is -0.970. The Labute approximate surface area is 90.2 Å². The second-order valence-corrected chi connectivity index (χ2v) is 4.33. The van der Waals surface area contributed by atoms with Crippen molar-refractivity contribution in [1.29, 1.82) is 0 Å². The zero-order chi connectivity index (χ0) is 10.5. The van der Waals surface area contributed by atoms with E-state index in [1.54, 1.807) is 7.05 Å². The second-order valence-electron chi connectivity index (χ2n) is 4.33. The molecule has 0 atom stereocenters. The fourth-order valence-electron chi connectivity index (χ4n) is 2.17. The Kier molecular flexibility index (Phi) is 3.66. The Balaban J connectivity index is 1.65. The van der Waals surface area contributed by atoms with Gasteiger partial charge in [0.25, 0.3) is 0 Å². The largest absolute Gasteiger partial charge is 0.309 e. The molecule has 0 saturated heterocycles. The minimum absolute atomic E-state index is 0.740. The molecule has 5 nitrogen and oxygen atoms in total. The molecule has 84 valence electrons. The summed E-state index contributed by atoms with van der Waals surface area (Å²) < 4.78 is 0. The van der Waals surface area contributed by atoms with E-state index in [-0.39, 0.29) is 0 Å². The van der Waals surface area contributed by atoms with Gasteiger partial charge in [-0.05, 0) is 30.5 Å². The van der Waals surface area contributed by atoms with Gasteiger partial charge < -0.3 is 5.32 Å². The van der Waals surface area contributed by atoms with Gasteiger partial charge in [0, 0.05) is 0 Å². The van der Waals surface area contributed by atoms with Crippen LogP contribution in [0.15, 0.2) is 0 Å². The Morgan fingerprint density at radius 1 is 1.33 bits per heavy atom. The van der Waals surface area contributed by atoms with Gasteiger partial charge in [0.05, 0.1) is 13.6 Å². The Morgan fingerprint density at radius 3 is 2.80 bits per heavy atom. The SMILES string of the molecule is Cn1nnc(CNCC2CCCCC2)n1. The minimum Gasteiger partial charge on any atom is -0.309 e. The van der Waals surface area contributed by atoms with Gasteiger partial charge in [-0.15, -0.1) is 10.2 Å². The van der Waals surface area contributed by atoms with Crippen LogP contribution < -0.4 is 5.32 Å². The lowest BCUT2D eigenvalue weighted by molar-refractivity contribution is 0.341. The lowest BCUT2D eigenvalue weighted by atomic mass is 9.89. The number of hydrogen-bond donors (Lipinski definition) is 1. The highest BCUT2D eigenvalue weighted by atomic mass is 15.6. The van der Waals surface area contributed by atoms with Crippen molar-refractivity contribution in [3.63, 3.8) is 0 Å². The first kappa shape index (κ1) is 10.5. The predicted octanol–water partition coefficient (Wildman–Crippen LogP) is 0.880. The minimum atomic E-state index is 0.740. The number of hydrogen-bond acceptors (Lipinski definition) is 4. The van der Waals surface area contributed by atoms with Gasteiger partial charge in [-0.25, -0.2) is 0 Å². The lowest BCUT2D eigenvalue weighted by Gasteiger charge is -2.21. The molecule has 5 heteroatoms. The van der Waals surface area contributed by atoms with Gasteiger partial charge in [0.15, 0.2) is 5.82 Å². The highest BCUT2D eigenvalue weighted by molar-refractivity contribution is 4.76. The van der Waals surface area contributed by atoms with Crippen LogP contribution in [0.4, 0.5) is 0 Å². The number of aryl methyl sites for hydroxylation is 1. The van der Waals surface area contributed by atoms with E-state index in [1.807, 2.05) is 0 Å². The van der Waals surface area contributed by atoms with Gasteiger partial charge in [-0.2, -0.15) is 4.80 Å². The fourth-order valence-corrected chi connectivity index (χ4v) is 2.17. The summed E-state index contributed by atoms with van der Waals surface area (Å²) in [6.07, 6.45) is 6.97. The molecule has 1 saturated carbocycles. The summed E-state index contributed by atoms with van der Waals surface area (Å²) in [7, 11) is 1.79. The summed E-state index contributed by atoms with van der Waals surface area (Å²) in [4.78, 5) is 1.50. The molecule has 1 aromatic heterocycles. The van der Waals surface area contributed by atoms with Crippen molar-refractivity contribution >= 4 is 0 Å². The van der Waals surface area contributed by atoms with E-state index in [9.17, 15) is 0 Å². The molecular formula is C10H19N5. The standard InChI is InChI=1S/C10H19N5/c1-15-13-10(12-14-15)8-11-7-9-5-3-2-4-6-9/h9,11H,2-8H2,1H3. The maximum absolute atomic E-state index is 4.13. The molecule has 1 aromatic rings. The van der Waals surface area contributed by atoms with Crippen LogP contribution in [0.5, 0.6) is 0 Å². The molecule has 1 aliphatic rings. The van der Waals surface area contributed by atoms with Gasteiger partial charge in [0.1, 0.15) is 0 Å². The summed E-state index contributed by atoms with van der Waals surface area (Å²) in [5.74, 6) is 1.64. The molecule has 1 fully saturated rings. The third kappa shape index (κ3) is 3.27. The van der Waals surface area contributed by atoms with Crippen LogP contribution in [0.2, 0.25) is 0 Å². The van der Waals surface area contributed by atoms with Crippen molar-refractivity contribution in [2.75, 3.05) is 6.54 Å². The quantitative estimate of drug-likeness (QED) is 0.799. The topological polar surface area (TPSA) is 55.6 Å². The average molecular weight is 209 g/mol. The summed E-state index contributed by atoms with van der Waals surface area (Å²) in [6, 6.07) is 0. The molecular weight excluding hydrogens is 190 g/mol. The van der Waals surface area contributed by atoms with E-state index in [2.05, 4.69) is 20.7 Å². The highest BCUT2D eigenvalue weighted by Crippen LogP contribution is 2.22. The Morgan fingerprint density at radius 2 is 2.13 bits per heavy atom. The summed E-state index contributed by atoms with van der Waals surface area (Å²) in [6.45, 7) is 1.84. The van der Waals surface area contributed by atoms with Gasteiger partial charge in [-0.3, -0.25) is 0 Å². The van der Waals surface area contributed by atoms with E-state index in [0.29, 0.717) is 0 Å². The third-order valence-electron chi connectivity index (χ3n) is 2.99. The van der Waals surface area contributed by atoms with E-state index in [4.69, 9.17) is 0 Å².